The number of nitrogens with zero attached hydrogens (tertiary/aromatic N) is 2. The number of rotatable bonds is 8. The molecule has 2 rings (SSSR count). The molecule has 0 radical (unpaired) electrons. The quantitative estimate of drug-likeness (QED) is 0.497. The highest BCUT2D eigenvalue weighted by Crippen LogP contribution is 2.27. The van der Waals surface area contributed by atoms with Crippen molar-refractivity contribution in [3.8, 4) is 0 Å². The molecule has 0 aromatic heterocycles. The Balaban J connectivity index is 2.11. The molecule has 2 aliphatic rings. The van der Waals surface area contributed by atoms with Crippen LogP contribution in [0.3, 0.4) is 0 Å². The van der Waals surface area contributed by atoms with Crippen LogP contribution in [0.5, 0.6) is 0 Å². The highest BCUT2D eigenvalue weighted by Gasteiger charge is 2.38. The van der Waals surface area contributed by atoms with Gasteiger partial charge in [-0.25, -0.2) is 4.79 Å². The second kappa shape index (κ2) is 11.9. The van der Waals surface area contributed by atoms with E-state index in [0.717, 1.165) is 25.7 Å². The van der Waals surface area contributed by atoms with Crippen LogP contribution in [0, 0.1) is 5.92 Å². The highest BCUT2D eigenvalue weighted by molar-refractivity contribution is 5.92. The van der Waals surface area contributed by atoms with Crippen LogP contribution in [0.2, 0.25) is 0 Å². The van der Waals surface area contributed by atoms with Crippen molar-refractivity contribution in [1.29, 1.82) is 0 Å². The summed E-state index contributed by atoms with van der Waals surface area (Å²) in [6.07, 6.45) is 5.96. The smallest absolute Gasteiger partial charge is 0.317 e. The second-order valence-electron chi connectivity index (χ2n) is 8.79. The van der Waals surface area contributed by atoms with Crippen LogP contribution in [-0.2, 0) is 19.1 Å². The van der Waals surface area contributed by atoms with E-state index in [0.29, 0.717) is 18.9 Å². The van der Waals surface area contributed by atoms with Crippen molar-refractivity contribution in [2.45, 2.75) is 70.5 Å². The van der Waals surface area contributed by atoms with Gasteiger partial charge in [-0.2, -0.15) is 0 Å². The fourth-order valence-electron chi connectivity index (χ4n) is 4.31. The predicted molar refractivity (Wildman–Crippen MR) is 115 cm³/mol. The standard InChI is InChI=1S/C21H37N5O5/c1-14(2)23-21(30)25-9-10-26(18(27)13-31-3)17(12-25)20(29)24-16(19(22)28)11-15-7-5-4-6-8-15/h14-17H,4-13H2,1-3H3,(H2,22,28)(H,23,30)(H,24,29). The Labute approximate surface area is 184 Å². The summed E-state index contributed by atoms with van der Waals surface area (Å²) in [6.45, 7) is 4.08. The molecule has 0 bridgehead atoms. The zero-order valence-corrected chi connectivity index (χ0v) is 18.9. The predicted octanol–water partition coefficient (Wildman–Crippen LogP) is 0.204. The number of hydrogen-bond donors (Lipinski definition) is 3. The molecule has 4 N–H and O–H groups in total. The van der Waals surface area contributed by atoms with Gasteiger partial charge in [-0.15, -0.1) is 0 Å². The fourth-order valence-corrected chi connectivity index (χ4v) is 4.31. The number of ether oxygens (including phenoxy) is 1. The van der Waals surface area contributed by atoms with Crippen LogP contribution in [0.4, 0.5) is 4.79 Å². The molecule has 2 unspecified atom stereocenters. The average molecular weight is 440 g/mol. The number of hydrogen-bond acceptors (Lipinski definition) is 5. The van der Waals surface area contributed by atoms with E-state index in [-0.39, 0.29) is 37.7 Å². The van der Waals surface area contributed by atoms with Gasteiger partial charge >= 0.3 is 6.03 Å². The first-order valence-corrected chi connectivity index (χ1v) is 11.2. The van der Waals surface area contributed by atoms with E-state index in [1.54, 1.807) is 0 Å². The van der Waals surface area contributed by atoms with E-state index in [4.69, 9.17) is 10.5 Å². The lowest BCUT2D eigenvalue weighted by Gasteiger charge is -2.41. The van der Waals surface area contributed by atoms with Gasteiger partial charge in [0.05, 0.1) is 6.54 Å². The van der Waals surface area contributed by atoms with Crippen LogP contribution < -0.4 is 16.4 Å². The van der Waals surface area contributed by atoms with Gasteiger partial charge in [-0.3, -0.25) is 14.4 Å². The van der Waals surface area contributed by atoms with Gasteiger partial charge in [0.15, 0.2) is 0 Å². The number of amides is 5. The van der Waals surface area contributed by atoms with Gasteiger partial charge < -0.3 is 30.9 Å². The van der Waals surface area contributed by atoms with Crippen molar-refractivity contribution in [2.75, 3.05) is 33.4 Å². The number of piperazine rings is 1. The van der Waals surface area contributed by atoms with Crippen LogP contribution in [0.25, 0.3) is 0 Å². The minimum Gasteiger partial charge on any atom is -0.375 e. The maximum absolute atomic E-state index is 13.2. The Bertz CT molecular complexity index is 650. The Morgan fingerprint density at radius 3 is 2.32 bits per heavy atom. The van der Waals surface area contributed by atoms with E-state index in [1.807, 2.05) is 13.8 Å². The van der Waals surface area contributed by atoms with Crippen molar-refractivity contribution in [1.82, 2.24) is 20.4 Å². The SMILES string of the molecule is COCC(=O)N1CCN(C(=O)NC(C)C)CC1C(=O)NC(CC1CCCCC1)C(N)=O. The second-order valence-corrected chi connectivity index (χ2v) is 8.79. The number of primary amides is 1. The van der Waals surface area contributed by atoms with Gasteiger partial charge in [0.25, 0.3) is 0 Å². The molecule has 2 atom stereocenters. The van der Waals surface area contributed by atoms with E-state index in [9.17, 15) is 19.2 Å². The van der Waals surface area contributed by atoms with Crippen molar-refractivity contribution in [2.24, 2.45) is 11.7 Å². The van der Waals surface area contributed by atoms with Crippen molar-refractivity contribution in [3.63, 3.8) is 0 Å². The third-order valence-electron chi connectivity index (χ3n) is 5.92. The van der Waals surface area contributed by atoms with Crippen LogP contribution in [0.15, 0.2) is 0 Å². The molecular formula is C21H37N5O5. The van der Waals surface area contributed by atoms with Crippen LogP contribution in [-0.4, -0.2) is 85.0 Å². The molecule has 1 aliphatic carbocycles. The summed E-state index contributed by atoms with van der Waals surface area (Å²) in [5, 5.41) is 5.56. The third kappa shape index (κ3) is 7.37. The summed E-state index contributed by atoms with van der Waals surface area (Å²) in [5.41, 5.74) is 5.58. The molecule has 176 valence electrons. The van der Waals surface area contributed by atoms with Crippen molar-refractivity contribution < 1.29 is 23.9 Å². The summed E-state index contributed by atoms with van der Waals surface area (Å²) in [7, 11) is 1.41. The molecule has 0 aromatic carbocycles. The fraction of sp³-hybridized carbons (Fsp3) is 0.810. The zero-order chi connectivity index (χ0) is 23.0. The molecule has 31 heavy (non-hydrogen) atoms. The summed E-state index contributed by atoms with van der Waals surface area (Å²) in [4.78, 5) is 53.1. The van der Waals surface area contributed by atoms with Crippen molar-refractivity contribution in [3.05, 3.63) is 0 Å². The lowest BCUT2D eigenvalue weighted by molar-refractivity contribution is -0.146. The molecule has 1 aliphatic heterocycles. The molecule has 0 aromatic rings. The first-order valence-electron chi connectivity index (χ1n) is 11.2. The molecular weight excluding hydrogens is 402 g/mol. The molecule has 10 heteroatoms. The molecule has 10 nitrogen and oxygen atoms in total. The molecule has 5 amide bonds. The number of urea groups is 1. The minimum atomic E-state index is -0.914. The average Bonchev–Trinajstić information content (AvgIpc) is 2.73. The van der Waals surface area contributed by atoms with Gasteiger partial charge in [0.2, 0.25) is 17.7 Å². The Morgan fingerprint density at radius 1 is 1.06 bits per heavy atom. The molecule has 0 spiro atoms. The van der Waals surface area contributed by atoms with Gasteiger partial charge in [-0.1, -0.05) is 32.1 Å². The van der Waals surface area contributed by atoms with E-state index in [1.165, 1.54) is 23.3 Å². The monoisotopic (exact) mass is 439 g/mol. The first kappa shape index (κ1) is 24.9. The molecule has 1 heterocycles. The van der Waals surface area contributed by atoms with Gasteiger partial charge in [0.1, 0.15) is 18.7 Å². The number of nitrogens with two attached hydrogens (primary N) is 1. The Hall–Kier alpha value is -2.36. The van der Waals surface area contributed by atoms with E-state index >= 15 is 0 Å². The van der Waals surface area contributed by atoms with Crippen LogP contribution >= 0.6 is 0 Å². The summed E-state index contributed by atoms with van der Waals surface area (Å²) >= 11 is 0. The van der Waals surface area contributed by atoms with Crippen LogP contribution in [0.1, 0.15) is 52.4 Å². The maximum atomic E-state index is 13.2. The number of carbonyl (C=O) groups excluding carboxylic acids is 4. The number of nitrogens with one attached hydrogen (secondary N) is 2. The number of carbonyl (C=O) groups is 4. The molecule has 1 saturated heterocycles. The topological polar surface area (TPSA) is 134 Å². The summed E-state index contributed by atoms with van der Waals surface area (Å²) in [5.74, 6) is -1.06. The lowest BCUT2D eigenvalue weighted by atomic mass is 9.84. The van der Waals surface area contributed by atoms with E-state index < -0.39 is 23.9 Å². The van der Waals surface area contributed by atoms with Gasteiger partial charge in [0, 0.05) is 26.2 Å². The highest BCUT2D eigenvalue weighted by atomic mass is 16.5. The first-order chi connectivity index (χ1) is 14.7. The van der Waals surface area contributed by atoms with E-state index in [2.05, 4.69) is 10.6 Å². The number of methoxy groups -OCH3 is 1. The zero-order valence-electron chi connectivity index (χ0n) is 18.9. The third-order valence-corrected chi connectivity index (χ3v) is 5.92. The largest absolute Gasteiger partial charge is 0.375 e. The lowest BCUT2D eigenvalue weighted by Crippen LogP contribution is -2.64. The summed E-state index contributed by atoms with van der Waals surface area (Å²) < 4.78 is 4.94. The normalized spacial score (nSPS) is 21.0. The summed E-state index contributed by atoms with van der Waals surface area (Å²) in [6, 6.07) is -2.06. The molecule has 1 saturated carbocycles. The Kier molecular flexibility index (Phi) is 9.54. The van der Waals surface area contributed by atoms with Gasteiger partial charge in [-0.05, 0) is 26.2 Å². The minimum absolute atomic E-state index is 0.0365. The van der Waals surface area contributed by atoms with Crippen molar-refractivity contribution >= 4 is 23.8 Å². The molecule has 2 fully saturated rings. The maximum Gasteiger partial charge on any atom is 0.317 e. The Morgan fingerprint density at radius 2 is 1.74 bits per heavy atom.